The van der Waals surface area contributed by atoms with Crippen molar-refractivity contribution in [3.8, 4) is 0 Å². The zero-order valence-electron chi connectivity index (χ0n) is 8.20. The Labute approximate surface area is 78.9 Å². The summed E-state index contributed by atoms with van der Waals surface area (Å²) in [6.45, 7) is 4.44. The molecule has 3 heteroatoms. The SMILES string of the molecule is CC(C)c1cnc(CCCO)nc1. The van der Waals surface area contributed by atoms with Crippen molar-refractivity contribution >= 4 is 0 Å². The second-order valence-corrected chi connectivity index (χ2v) is 3.41. The van der Waals surface area contributed by atoms with Crippen molar-refractivity contribution in [2.45, 2.75) is 32.6 Å². The molecule has 0 atom stereocenters. The molecule has 0 aliphatic carbocycles. The Morgan fingerprint density at radius 2 is 1.92 bits per heavy atom. The lowest BCUT2D eigenvalue weighted by atomic mass is 10.1. The highest BCUT2D eigenvalue weighted by Crippen LogP contribution is 2.10. The van der Waals surface area contributed by atoms with Crippen molar-refractivity contribution in [3.63, 3.8) is 0 Å². The fourth-order valence-electron chi connectivity index (χ4n) is 1.03. The van der Waals surface area contributed by atoms with Crippen LogP contribution in [0, 0.1) is 0 Å². The molecule has 0 saturated carbocycles. The molecule has 0 unspecified atom stereocenters. The summed E-state index contributed by atoms with van der Waals surface area (Å²) in [5.41, 5.74) is 1.16. The molecule has 1 N–H and O–H groups in total. The topological polar surface area (TPSA) is 46.0 Å². The van der Waals surface area contributed by atoms with E-state index < -0.39 is 0 Å². The Morgan fingerprint density at radius 3 is 2.38 bits per heavy atom. The molecule has 13 heavy (non-hydrogen) atoms. The van der Waals surface area contributed by atoms with Gasteiger partial charge in [0, 0.05) is 25.4 Å². The summed E-state index contributed by atoms with van der Waals surface area (Å²) in [6.07, 6.45) is 5.23. The van der Waals surface area contributed by atoms with Crippen molar-refractivity contribution in [2.24, 2.45) is 0 Å². The Bertz CT molecular complexity index is 244. The highest BCUT2D eigenvalue weighted by molar-refractivity contribution is 5.09. The molecule has 3 nitrogen and oxygen atoms in total. The molecular formula is C10H16N2O. The van der Waals surface area contributed by atoms with Crippen LogP contribution in [-0.4, -0.2) is 21.7 Å². The van der Waals surface area contributed by atoms with Crippen molar-refractivity contribution in [1.82, 2.24) is 9.97 Å². The van der Waals surface area contributed by atoms with Crippen LogP contribution in [-0.2, 0) is 6.42 Å². The van der Waals surface area contributed by atoms with E-state index in [0.29, 0.717) is 5.92 Å². The maximum atomic E-state index is 8.61. The normalized spacial score (nSPS) is 10.8. The van der Waals surface area contributed by atoms with E-state index in [4.69, 9.17) is 5.11 Å². The van der Waals surface area contributed by atoms with Gasteiger partial charge in [-0.25, -0.2) is 9.97 Å². The van der Waals surface area contributed by atoms with E-state index in [0.717, 1.165) is 24.2 Å². The van der Waals surface area contributed by atoms with Crippen molar-refractivity contribution in [3.05, 3.63) is 23.8 Å². The molecule has 0 saturated heterocycles. The van der Waals surface area contributed by atoms with E-state index >= 15 is 0 Å². The fraction of sp³-hybridized carbons (Fsp3) is 0.600. The standard InChI is InChI=1S/C10H16N2O/c1-8(2)9-6-11-10(12-7-9)4-3-5-13/h6-8,13H,3-5H2,1-2H3. The molecular weight excluding hydrogens is 164 g/mol. The van der Waals surface area contributed by atoms with Gasteiger partial charge < -0.3 is 5.11 Å². The number of hydrogen-bond acceptors (Lipinski definition) is 3. The van der Waals surface area contributed by atoms with Crippen LogP contribution >= 0.6 is 0 Å². The summed E-state index contributed by atoms with van der Waals surface area (Å²) in [5, 5.41) is 8.61. The smallest absolute Gasteiger partial charge is 0.128 e. The van der Waals surface area contributed by atoms with E-state index in [1.165, 1.54) is 0 Å². The quantitative estimate of drug-likeness (QED) is 0.764. The summed E-state index contributed by atoms with van der Waals surface area (Å²) in [7, 11) is 0. The third kappa shape index (κ3) is 3.11. The van der Waals surface area contributed by atoms with Gasteiger partial charge >= 0.3 is 0 Å². The van der Waals surface area contributed by atoms with Crippen LogP contribution in [0.1, 0.15) is 37.6 Å². The summed E-state index contributed by atoms with van der Waals surface area (Å²) < 4.78 is 0. The summed E-state index contributed by atoms with van der Waals surface area (Å²) in [4.78, 5) is 8.43. The Kier molecular flexibility index (Phi) is 3.83. The van der Waals surface area contributed by atoms with Gasteiger partial charge in [-0.3, -0.25) is 0 Å². The van der Waals surface area contributed by atoms with Gasteiger partial charge in [-0.05, 0) is 17.9 Å². The predicted octanol–water partition coefficient (Wildman–Crippen LogP) is 1.52. The zero-order valence-corrected chi connectivity index (χ0v) is 8.20. The number of nitrogens with zero attached hydrogens (tertiary/aromatic N) is 2. The summed E-state index contributed by atoms with van der Waals surface area (Å²) >= 11 is 0. The monoisotopic (exact) mass is 180 g/mol. The molecule has 0 radical (unpaired) electrons. The van der Waals surface area contributed by atoms with Gasteiger partial charge in [0.15, 0.2) is 0 Å². The van der Waals surface area contributed by atoms with E-state index in [9.17, 15) is 0 Å². The first-order valence-electron chi connectivity index (χ1n) is 4.65. The number of rotatable bonds is 4. The highest BCUT2D eigenvalue weighted by atomic mass is 16.2. The average Bonchev–Trinajstić information content (AvgIpc) is 2.15. The van der Waals surface area contributed by atoms with Crippen LogP contribution < -0.4 is 0 Å². The Morgan fingerprint density at radius 1 is 1.31 bits per heavy atom. The molecule has 72 valence electrons. The van der Waals surface area contributed by atoms with Crippen LogP contribution in [0.5, 0.6) is 0 Å². The maximum absolute atomic E-state index is 8.61. The highest BCUT2D eigenvalue weighted by Gasteiger charge is 2.00. The van der Waals surface area contributed by atoms with Gasteiger partial charge in [0.05, 0.1) is 0 Å². The van der Waals surface area contributed by atoms with Gasteiger partial charge in [-0.15, -0.1) is 0 Å². The molecule has 0 aliphatic rings. The van der Waals surface area contributed by atoms with Gasteiger partial charge in [-0.2, -0.15) is 0 Å². The second kappa shape index (κ2) is 4.92. The van der Waals surface area contributed by atoms with Crippen LogP contribution in [0.3, 0.4) is 0 Å². The number of aryl methyl sites for hydroxylation is 1. The molecule has 1 heterocycles. The van der Waals surface area contributed by atoms with Crippen LogP contribution in [0.4, 0.5) is 0 Å². The Balaban J connectivity index is 2.59. The number of hydrogen-bond donors (Lipinski definition) is 1. The maximum Gasteiger partial charge on any atom is 0.128 e. The molecule has 0 amide bonds. The largest absolute Gasteiger partial charge is 0.396 e. The second-order valence-electron chi connectivity index (χ2n) is 3.41. The summed E-state index contributed by atoms with van der Waals surface area (Å²) in [6, 6.07) is 0. The molecule has 0 bridgehead atoms. The zero-order chi connectivity index (χ0) is 9.68. The number of aliphatic hydroxyl groups is 1. The van der Waals surface area contributed by atoms with Gasteiger partial charge in [0.2, 0.25) is 0 Å². The van der Waals surface area contributed by atoms with Gasteiger partial charge in [0.25, 0.3) is 0 Å². The lowest BCUT2D eigenvalue weighted by Gasteiger charge is -2.04. The molecule has 1 aromatic heterocycles. The molecule has 0 fully saturated rings. The minimum absolute atomic E-state index is 0.204. The van der Waals surface area contributed by atoms with Crippen molar-refractivity contribution < 1.29 is 5.11 Å². The molecule has 0 aromatic carbocycles. The minimum atomic E-state index is 0.204. The number of aromatic nitrogens is 2. The van der Waals surface area contributed by atoms with Crippen LogP contribution in [0.25, 0.3) is 0 Å². The first kappa shape index (κ1) is 10.1. The third-order valence-electron chi connectivity index (χ3n) is 1.95. The average molecular weight is 180 g/mol. The molecule has 1 rings (SSSR count). The van der Waals surface area contributed by atoms with E-state index in [-0.39, 0.29) is 6.61 Å². The van der Waals surface area contributed by atoms with Crippen LogP contribution in [0.15, 0.2) is 12.4 Å². The van der Waals surface area contributed by atoms with E-state index in [2.05, 4.69) is 23.8 Å². The Hall–Kier alpha value is -0.960. The minimum Gasteiger partial charge on any atom is -0.396 e. The van der Waals surface area contributed by atoms with Gasteiger partial charge in [0.1, 0.15) is 5.82 Å². The predicted molar refractivity (Wildman–Crippen MR) is 51.5 cm³/mol. The van der Waals surface area contributed by atoms with Crippen LogP contribution in [0.2, 0.25) is 0 Å². The van der Waals surface area contributed by atoms with E-state index in [1.54, 1.807) is 0 Å². The number of aliphatic hydroxyl groups excluding tert-OH is 1. The molecule has 0 spiro atoms. The lowest BCUT2D eigenvalue weighted by molar-refractivity contribution is 0.287. The van der Waals surface area contributed by atoms with E-state index in [1.807, 2.05) is 12.4 Å². The fourth-order valence-corrected chi connectivity index (χ4v) is 1.03. The van der Waals surface area contributed by atoms with Crippen molar-refractivity contribution in [1.29, 1.82) is 0 Å². The molecule has 0 aliphatic heterocycles. The molecule has 1 aromatic rings. The first-order chi connectivity index (χ1) is 6.24. The lowest BCUT2D eigenvalue weighted by Crippen LogP contribution is -1.99. The third-order valence-corrected chi connectivity index (χ3v) is 1.95. The van der Waals surface area contributed by atoms with Crippen molar-refractivity contribution in [2.75, 3.05) is 6.61 Å². The first-order valence-corrected chi connectivity index (χ1v) is 4.65. The van der Waals surface area contributed by atoms with Gasteiger partial charge in [-0.1, -0.05) is 13.8 Å². The summed E-state index contributed by atoms with van der Waals surface area (Å²) in [5.74, 6) is 1.30.